The molecule has 0 unspecified atom stereocenters. The number of unbranched alkanes of at least 4 members (excludes halogenated alkanes) is 7. The quantitative estimate of drug-likeness (QED) is 0.353. The third-order valence-corrected chi connectivity index (χ3v) is 4.11. The summed E-state index contributed by atoms with van der Waals surface area (Å²) in [5.74, 6) is -0.113. The normalized spacial score (nSPS) is 12.1. The van der Waals surface area contributed by atoms with Crippen LogP contribution in [0, 0.1) is 0 Å². The predicted molar refractivity (Wildman–Crippen MR) is 91.1 cm³/mol. The third kappa shape index (κ3) is 14.2. The maximum atomic E-state index is 11.5. The van der Waals surface area contributed by atoms with Crippen LogP contribution >= 0.6 is 11.8 Å². The highest BCUT2D eigenvalue weighted by Gasteiger charge is 2.13. The van der Waals surface area contributed by atoms with Gasteiger partial charge in [-0.3, -0.25) is 9.59 Å². The van der Waals surface area contributed by atoms with E-state index >= 15 is 0 Å². The number of hydrogen-bond acceptors (Lipinski definition) is 5. The predicted octanol–water partition coefficient (Wildman–Crippen LogP) is 3.21. The van der Waals surface area contributed by atoms with Gasteiger partial charge in [0.15, 0.2) is 0 Å². The van der Waals surface area contributed by atoms with Gasteiger partial charge in [0, 0.05) is 6.42 Å². The van der Waals surface area contributed by atoms with Gasteiger partial charge in [0.2, 0.25) is 0 Å². The molecule has 0 aliphatic heterocycles. The maximum Gasteiger partial charge on any atom is 0.322 e. The summed E-state index contributed by atoms with van der Waals surface area (Å²) in [5, 5.41) is 8.51. The van der Waals surface area contributed by atoms with Crippen molar-refractivity contribution in [1.29, 1.82) is 0 Å². The van der Waals surface area contributed by atoms with Crippen molar-refractivity contribution in [2.75, 3.05) is 18.6 Å². The molecule has 0 spiro atoms. The first-order valence-electron chi connectivity index (χ1n) is 8.21. The number of aliphatic carboxylic acids is 1. The fourth-order valence-electron chi connectivity index (χ4n) is 2.08. The Bertz CT molecular complexity index is 300. The molecule has 6 heteroatoms. The number of thioether (sulfide) groups is 1. The van der Waals surface area contributed by atoms with E-state index in [4.69, 9.17) is 15.6 Å². The second-order valence-electron chi connectivity index (χ2n) is 5.53. The summed E-state index contributed by atoms with van der Waals surface area (Å²) in [5.41, 5.74) is 5.72. The first-order chi connectivity index (χ1) is 10.6. The Labute approximate surface area is 138 Å². The molecular weight excluding hydrogens is 302 g/mol. The van der Waals surface area contributed by atoms with E-state index in [-0.39, 0.29) is 12.4 Å². The molecule has 0 fully saturated rings. The average molecular weight is 333 g/mol. The molecule has 5 nitrogen and oxygen atoms in total. The van der Waals surface area contributed by atoms with E-state index in [9.17, 15) is 9.59 Å². The molecule has 0 aliphatic rings. The largest absolute Gasteiger partial charge is 0.481 e. The van der Waals surface area contributed by atoms with Crippen LogP contribution in [0.1, 0.15) is 64.2 Å². The van der Waals surface area contributed by atoms with Gasteiger partial charge in [0.1, 0.15) is 6.04 Å². The highest BCUT2D eigenvalue weighted by molar-refractivity contribution is 7.98. The van der Waals surface area contributed by atoms with E-state index in [1.54, 1.807) is 11.8 Å². The lowest BCUT2D eigenvalue weighted by atomic mass is 10.1. The van der Waals surface area contributed by atoms with Crippen molar-refractivity contribution >= 4 is 23.7 Å². The van der Waals surface area contributed by atoms with Crippen LogP contribution in [0.3, 0.4) is 0 Å². The van der Waals surface area contributed by atoms with E-state index in [0.29, 0.717) is 13.0 Å². The molecule has 0 saturated carbocycles. The highest BCUT2D eigenvalue weighted by Crippen LogP contribution is 2.10. The molecule has 0 aromatic rings. The van der Waals surface area contributed by atoms with Crippen LogP contribution in [-0.4, -0.2) is 41.7 Å². The number of carboxylic acids is 1. The van der Waals surface area contributed by atoms with Crippen LogP contribution in [-0.2, 0) is 14.3 Å². The molecule has 0 radical (unpaired) electrons. The average Bonchev–Trinajstić information content (AvgIpc) is 2.49. The van der Waals surface area contributed by atoms with Gasteiger partial charge in [0.25, 0.3) is 0 Å². The number of ether oxygens (including phenoxy) is 1. The van der Waals surface area contributed by atoms with E-state index in [1.165, 1.54) is 0 Å². The summed E-state index contributed by atoms with van der Waals surface area (Å²) in [6.45, 7) is 0.463. The van der Waals surface area contributed by atoms with Crippen LogP contribution in [0.15, 0.2) is 0 Å². The van der Waals surface area contributed by atoms with Crippen LogP contribution < -0.4 is 5.73 Å². The number of esters is 1. The molecule has 0 amide bonds. The Morgan fingerprint density at radius 3 is 2.14 bits per heavy atom. The lowest BCUT2D eigenvalue weighted by molar-refractivity contribution is -0.145. The van der Waals surface area contributed by atoms with Crippen molar-refractivity contribution in [3.8, 4) is 0 Å². The van der Waals surface area contributed by atoms with Gasteiger partial charge in [-0.2, -0.15) is 11.8 Å². The van der Waals surface area contributed by atoms with Gasteiger partial charge in [-0.1, -0.05) is 38.5 Å². The van der Waals surface area contributed by atoms with E-state index in [0.717, 1.165) is 57.1 Å². The van der Waals surface area contributed by atoms with Gasteiger partial charge in [-0.05, 0) is 31.3 Å². The van der Waals surface area contributed by atoms with Crippen molar-refractivity contribution in [3.63, 3.8) is 0 Å². The van der Waals surface area contributed by atoms with Gasteiger partial charge >= 0.3 is 11.9 Å². The third-order valence-electron chi connectivity index (χ3n) is 3.47. The van der Waals surface area contributed by atoms with Gasteiger partial charge in [0.05, 0.1) is 6.61 Å². The highest BCUT2D eigenvalue weighted by atomic mass is 32.2. The summed E-state index contributed by atoms with van der Waals surface area (Å²) >= 11 is 1.68. The zero-order valence-corrected chi connectivity index (χ0v) is 14.5. The van der Waals surface area contributed by atoms with Crippen LogP contribution in [0.2, 0.25) is 0 Å². The summed E-state index contributed by atoms with van der Waals surface area (Å²) in [6.07, 6.45) is 11.2. The Morgan fingerprint density at radius 1 is 1.05 bits per heavy atom. The van der Waals surface area contributed by atoms with Crippen molar-refractivity contribution in [2.24, 2.45) is 5.73 Å². The fraction of sp³-hybridized carbons (Fsp3) is 0.875. The molecule has 1 atom stereocenters. The first-order valence-corrected chi connectivity index (χ1v) is 9.60. The van der Waals surface area contributed by atoms with Crippen molar-refractivity contribution in [1.82, 2.24) is 0 Å². The van der Waals surface area contributed by atoms with Crippen molar-refractivity contribution < 1.29 is 19.4 Å². The summed E-state index contributed by atoms with van der Waals surface area (Å²) < 4.78 is 5.15. The lowest BCUT2D eigenvalue weighted by Gasteiger charge is -2.10. The minimum Gasteiger partial charge on any atom is -0.481 e. The minimum atomic E-state index is -0.706. The van der Waals surface area contributed by atoms with E-state index in [2.05, 4.69) is 0 Å². The molecule has 0 saturated heterocycles. The SMILES string of the molecule is CSCC[C@H](N)C(=O)OCCCCCCCCCCC(=O)O. The number of carbonyl (C=O) groups excluding carboxylic acids is 1. The Hall–Kier alpha value is -0.750. The topological polar surface area (TPSA) is 89.6 Å². The molecule has 0 aromatic carbocycles. The summed E-state index contributed by atoms with van der Waals surface area (Å²) in [6, 6.07) is -0.488. The monoisotopic (exact) mass is 333 g/mol. The molecule has 0 bridgehead atoms. The summed E-state index contributed by atoms with van der Waals surface area (Å²) in [4.78, 5) is 21.9. The molecule has 0 aromatic heterocycles. The van der Waals surface area contributed by atoms with Crippen LogP contribution in [0.25, 0.3) is 0 Å². The van der Waals surface area contributed by atoms with E-state index in [1.807, 2.05) is 6.26 Å². The number of hydrogen-bond donors (Lipinski definition) is 2. The molecule has 0 aliphatic carbocycles. The first kappa shape index (κ1) is 21.2. The molecular formula is C16H31NO4S. The Balaban J connectivity index is 3.26. The molecule has 130 valence electrons. The maximum absolute atomic E-state index is 11.5. The van der Waals surface area contributed by atoms with Gasteiger partial charge < -0.3 is 15.6 Å². The zero-order chi connectivity index (χ0) is 16.6. The Kier molecular flexibility index (Phi) is 14.6. The number of nitrogens with two attached hydrogens (primary N) is 1. The summed E-state index contributed by atoms with van der Waals surface area (Å²) in [7, 11) is 0. The van der Waals surface area contributed by atoms with E-state index < -0.39 is 12.0 Å². The Morgan fingerprint density at radius 2 is 1.59 bits per heavy atom. The lowest BCUT2D eigenvalue weighted by Crippen LogP contribution is -2.33. The second kappa shape index (κ2) is 15.2. The molecule has 22 heavy (non-hydrogen) atoms. The van der Waals surface area contributed by atoms with Crippen molar-refractivity contribution in [2.45, 2.75) is 70.3 Å². The fourth-order valence-corrected chi connectivity index (χ4v) is 2.57. The van der Waals surface area contributed by atoms with Crippen molar-refractivity contribution in [3.05, 3.63) is 0 Å². The minimum absolute atomic E-state index is 0.282. The number of carbonyl (C=O) groups is 2. The zero-order valence-electron chi connectivity index (χ0n) is 13.7. The van der Waals surface area contributed by atoms with Crippen LogP contribution in [0.5, 0.6) is 0 Å². The van der Waals surface area contributed by atoms with Gasteiger partial charge in [-0.25, -0.2) is 0 Å². The molecule has 0 heterocycles. The smallest absolute Gasteiger partial charge is 0.322 e. The standard InChI is InChI=1S/C16H31NO4S/c1-22-13-11-14(17)16(20)21-12-9-7-5-3-2-4-6-8-10-15(18)19/h14H,2-13,17H2,1H3,(H,18,19)/t14-/m0/s1. The molecule has 3 N–H and O–H groups in total. The number of rotatable bonds is 15. The number of carboxylic acid groups (broad SMARTS) is 1. The molecule has 0 rings (SSSR count). The second-order valence-corrected chi connectivity index (χ2v) is 6.51. The van der Waals surface area contributed by atoms with Crippen LogP contribution in [0.4, 0.5) is 0 Å². The van der Waals surface area contributed by atoms with Gasteiger partial charge in [-0.15, -0.1) is 0 Å².